The van der Waals surface area contributed by atoms with E-state index < -0.39 is 0 Å². The molecule has 0 saturated heterocycles. The summed E-state index contributed by atoms with van der Waals surface area (Å²) in [7, 11) is 0. The average molecular weight is 308 g/mol. The maximum absolute atomic E-state index is 5.92. The van der Waals surface area contributed by atoms with Gasteiger partial charge < -0.3 is 15.5 Å². The molecule has 0 radical (unpaired) electrons. The van der Waals surface area contributed by atoms with Gasteiger partial charge in [0.1, 0.15) is 12.3 Å². The number of nitrogens with zero attached hydrogens (tertiary/aromatic N) is 2. The molecule has 3 N–H and O–H groups in total. The number of hydrogen-bond donors (Lipinski definition) is 2. The second-order valence-electron chi connectivity index (χ2n) is 7.44. The first-order valence-corrected chi connectivity index (χ1v) is 8.20. The summed E-state index contributed by atoms with van der Waals surface area (Å²) in [6.45, 7) is 13.3. The van der Waals surface area contributed by atoms with Gasteiger partial charge in [0.25, 0.3) is 0 Å². The molecule has 0 saturated carbocycles. The van der Waals surface area contributed by atoms with Crippen molar-refractivity contribution < 1.29 is 4.42 Å². The highest BCUT2D eigenvalue weighted by Gasteiger charge is 2.18. The highest BCUT2D eigenvalue weighted by Crippen LogP contribution is 2.22. The van der Waals surface area contributed by atoms with Crippen LogP contribution in [-0.2, 0) is 12.0 Å². The van der Waals surface area contributed by atoms with Crippen LogP contribution in [0.3, 0.4) is 0 Å². The fourth-order valence-electron chi connectivity index (χ4n) is 2.09. The summed E-state index contributed by atoms with van der Waals surface area (Å²) < 4.78 is 5.69. The number of nitrogens with two attached hydrogens (primary N) is 1. The van der Waals surface area contributed by atoms with E-state index in [0.717, 1.165) is 18.1 Å². The van der Waals surface area contributed by atoms with E-state index in [1.807, 2.05) is 0 Å². The molecule has 0 aliphatic rings. The quantitative estimate of drug-likeness (QED) is 0.596. The molecule has 126 valence electrons. The molecular formula is C17H32N4O. The summed E-state index contributed by atoms with van der Waals surface area (Å²) in [4.78, 5) is 8.55. The SMILES string of the molecule is CC(C)CCCC(C)NC(N)=NCc1ncc(C(C)(C)C)o1. The monoisotopic (exact) mass is 308 g/mol. The number of nitrogens with one attached hydrogen (secondary N) is 1. The maximum atomic E-state index is 5.92. The van der Waals surface area contributed by atoms with Gasteiger partial charge in [-0.1, -0.05) is 47.5 Å². The van der Waals surface area contributed by atoms with E-state index in [1.165, 1.54) is 12.8 Å². The molecule has 1 unspecified atom stereocenters. The van der Waals surface area contributed by atoms with Crippen molar-refractivity contribution in [3.8, 4) is 0 Å². The Hall–Kier alpha value is -1.52. The van der Waals surface area contributed by atoms with Crippen LogP contribution in [0.2, 0.25) is 0 Å². The van der Waals surface area contributed by atoms with E-state index >= 15 is 0 Å². The molecule has 1 rings (SSSR count). The Morgan fingerprint density at radius 2 is 2.00 bits per heavy atom. The van der Waals surface area contributed by atoms with Crippen molar-refractivity contribution in [3.05, 3.63) is 17.8 Å². The predicted molar refractivity (Wildman–Crippen MR) is 91.8 cm³/mol. The van der Waals surface area contributed by atoms with Crippen LogP contribution in [0.5, 0.6) is 0 Å². The van der Waals surface area contributed by atoms with Crippen molar-refractivity contribution in [3.63, 3.8) is 0 Å². The van der Waals surface area contributed by atoms with Crippen molar-refractivity contribution in [1.82, 2.24) is 10.3 Å². The lowest BCUT2D eigenvalue weighted by atomic mass is 9.94. The van der Waals surface area contributed by atoms with E-state index in [2.05, 4.69) is 56.8 Å². The molecule has 1 aromatic rings. The van der Waals surface area contributed by atoms with Gasteiger partial charge in [-0.2, -0.15) is 0 Å². The highest BCUT2D eigenvalue weighted by molar-refractivity contribution is 5.78. The molecular weight excluding hydrogens is 276 g/mol. The van der Waals surface area contributed by atoms with E-state index in [4.69, 9.17) is 10.2 Å². The second-order valence-corrected chi connectivity index (χ2v) is 7.44. The van der Waals surface area contributed by atoms with E-state index in [1.54, 1.807) is 6.20 Å². The summed E-state index contributed by atoms with van der Waals surface area (Å²) in [6.07, 6.45) is 5.31. The lowest BCUT2D eigenvalue weighted by molar-refractivity contribution is 0.383. The van der Waals surface area contributed by atoms with Crippen molar-refractivity contribution in [1.29, 1.82) is 0 Å². The van der Waals surface area contributed by atoms with Gasteiger partial charge in [0.2, 0.25) is 5.89 Å². The smallest absolute Gasteiger partial charge is 0.216 e. The minimum absolute atomic E-state index is 0.0380. The Balaban J connectivity index is 2.40. The molecule has 0 aliphatic heterocycles. The molecule has 1 heterocycles. The Morgan fingerprint density at radius 1 is 1.32 bits per heavy atom. The third kappa shape index (κ3) is 6.96. The number of oxazole rings is 1. The summed E-state index contributed by atoms with van der Waals surface area (Å²) in [5.74, 6) is 2.67. The fraction of sp³-hybridized carbons (Fsp3) is 0.765. The zero-order valence-corrected chi connectivity index (χ0v) is 14.9. The Labute approximate surface area is 134 Å². The normalized spacial score (nSPS) is 14.4. The van der Waals surface area contributed by atoms with Gasteiger partial charge in [-0.25, -0.2) is 9.98 Å². The summed E-state index contributed by atoms with van der Waals surface area (Å²) in [6, 6.07) is 0.331. The summed E-state index contributed by atoms with van der Waals surface area (Å²) in [5.41, 5.74) is 5.88. The van der Waals surface area contributed by atoms with Crippen LogP contribution in [-0.4, -0.2) is 17.0 Å². The molecule has 1 aromatic heterocycles. The van der Waals surface area contributed by atoms with Crippen molar-refractivity contribution >= 4 is 5.96 Å². The largest absolute Gasteiger partial charge is 0.443 e. The van der Waals surface area contributed by atoms with Crippen molar-refractivity contribution in [2.75, 3.05) is 0 Å². The fourth-order valence-corrected chi connectivity index (χ4v) is 2.09. The molecule has 1 atom stereocenters. The van der Waals surface area contributed by atoms with Crippen LogP contribution >= 0.6 is 0 Å². The van der Waals surface area contributed by atoms with Gasteiger partial charge in [-0.05, 0) is 19.3 Å². The van der Waals surface area contributed by atoms with E-state index in [9.17, 15) is 0 Å². The standard InChI is InChI=1S/C17H32N4O/c1-12(2)8-7-9-13(3)21-16(18)20-11-15-19-10-14(22-15)17(4,5)6/h10,12-13H,7-9,11H2,1-6H3,(H3,18,20,21). The molecule has 0 bridgehead atoms. The van der Waals surface area contributed by atoms with Crippen molar-refractivity contribution in [2.24, 2.45) is 16.6 Å². The first-order chi connectivity index (χ1) is 10.2. The average Bonchev–Trinajstić information content (AvgIpc) is 2.84. The molecule has 0 aromatic carbocycles. The van der Waals surface area contributed by atoms with Crippen LogP contribution in [0, 0.1) is 5.92 Å². The third-order valence-corrected chi connectivity index (χ3v) is 3.49. The van der Waals surface area contributed by atoms with Crippen LogP contribution in [0.4, 0.5) is 0 Å². The summed E-state index contributed by atoms with van der Waals surface area (Å²) >= 11 is 0. The Kier molecular flexibility index (Phi) is 6.91. The lowest BCUT2D eigenvalue weighted by Crippen LogP contribution is -2.38. The molecule has 22 heavy (non-hydrogen) atoms. The Morgan fingerprint density at radius 3 is 2.55 bits per heavy atom. The van der Waals surface area contributed by atoms with E-state index in [0.29, 0.717) is 24.4 Å². The predicted octanol–water partition coefficient (Wildman–Crippen LogP) is 3.59. The number of aliphatic imine (C=N–C) groups is 1. The third-order valence-electron chi connectivity index (χ3n) is 3.49. The highest BCUT2D eigenvalue weighted by atomic mass is 16.4. The van der Waals surface area contributed by atoms with Gasteiger partial charge in [-0.15, -0.1) is 0 Å². The van der Waals surface area contributed by atoms with Gasteiger partial charge in [-0.3, -0.25) is 0 Å². The minimum atomic E-state index is -0.0380. The van der Waals surface area contributed by atoms with Gasteiger partial charge in [0, 0.05) is 11.5 Å². The zero-order chi connectivity index (χ0) is 16.8. The second kappa shape index (κ2) is 8.20. The molecule has 5 heteroatoms. The number of aromatic nitrogens is 1. The van der Waals surface area contributed by atoms with Crippen molar-refractivity contribution in [2.45, 2.75) is 78.8 Å². The first-order valence-electron chi connectivity index (χ1n) is 8.20. The number of hydrogen-bond acceptors (Lipinski definition) is 3. The number of guanidine groups is 1. The zero-order valence-electron chi connectivity index (χ0n) is 14.9. The topological polar surface area (TPSA) is 76.4 Å². The van der Waals surface area contributed by atoms with Crippen LogP contribution in [0.25, 0.3) is 0 Å². The molecule has 0 fully saturated rings. The van der Waals surface area contributed by atoms with E-state index in [-0.39, 0.29) is 5.41 Å². The van der Waals surface area contributed by atoms with Crippen LogP contribution in [0.1, 0.15) is 72.5 Å². The molecule has 0 aliphatic carbocycles. The van der Waals surface area contributed by atoms with Crippen LogP contribution in [0.15, 0.2) is 15.6 Å². The van der Waals surface area contributed by atoms with Crippen LogP contribution < -0.4 is 11.1 Å². The number of rotatable bonds is 7. The lowest BCUT2D eigenvalue weighted by Gasteiger charge is -2.15. The summed E-state index contributed by atoms with van der Waals surface area (Å²) in [5, 5.41) is 3.22. The van der Waals surface area contributed by atoms with Gasteiger partial charge >= 0.3 is 0 Å². The molecule has 0 spiro atoms. The Bertz CT molecular complexity index is 471. The maximum Gasteiger partial charge on any atom is 0.216 e. The molecule has 0 amide bonds. The van der Waals surface area contributed by atoms with Gasteiger partial charge in [0.15, 0.2) is 5.96 Å². The minimum Gasteiger partial charge on any atom is -0.443 e. The first kappa shape index (κ1) is 18.5. The van der Waals surface area contributed by atoms with Gasteiger partial charge in [0.05, 0.1) is 6.20 Å². The molecule has 5 nitrogen and oxygen atoms in total.